The lowest BCUT2D eigenvalue weighted by atomic mass is 9.78. The van der Waals surface area contributed by atoms with Gasteiger partial charge in [-0.25, -0.2) is 4.79 Å². The number of likely N-dealkylation sites (N-methyl/N-ethyl adjacent to an activating group) is 1. The Bertz CT molecular complexity index is 2060. The van der Waals surface area contributed by atoms with Gasteiger partial charge >= 0.3 is 12.1 Å². The van der Waals surface area contributed by atoms with E-state index < -0.39 is 71.5 Å². The number of aryl methyl sites for hydroxylation is 1. The van der Waals surface area contributed by atoms with Crippen molar-refractivity contribution < 1.29 is 43.2 Å². The average Bonchev–Trinajstić information content (AvgIpc) is 3.86. The Labute approximate surface area is 384 Å². The zero-order chi connectivity index (χ0) is 47.2. The number of cyclic esters (lactones) is 1. The van der Waals surface area contributed by atoms with Crippen LogP contribution < -0.4 is 11.1 Å². The minimum atomic E-state index is -1.25. The van der Waals surface area contributed by atoms with Crippen LogP contribution in [0.25, 0.3) is 11.3 Å². The first-order valence-corrected chi connectivity index (χ1v) is 23.3. The van der Waals surface area contributed by atoms with Crippen LogP contribution in [0.2, 0.25) is 0 Å². The topological polar surface area (TPSA) is 206 Å². The molecule has 3 aliphatic heterocycles. The number of aliphatic hydroxyl groups excluding tert-OH is 1. The first kappa shape index (κ1) is 49.9. The molecule has 17 heteroatoms. The van der Waals surface area contributed by atoms with Crippen molar-refractivity contribution in [1.29, 1.82) is 0 Å². The maximum absolute atomic E-state index is 14.6. The molecule has 1 amide bonds. The lowest BCUT2D eigenvalue weighted by molar-refractivity contribution is -0.296. The molecule has 358 valence electrons. The van der Waals surface area contributed by atoms with Gasteiger partial charge in [0.05, 0.1) is 30.0 Å². The molecule has 1 aromatic carbocycles. The third kappa shape index (κ3) is 11.4. The number of methoxy groups -OCH3 is 1. The van der Waals surface area contributed by atoms with Gasteiger partial charge in [0.2, 0.25) is 0 Å². The van der Waals surface area contributed by atoms with Crippen LogP contribution >= 0.6 is 0 Å². The molecule has 17 nitrogen and oxygen atoms in total. The molecule has 13 atom stereocenters. The number of nitrogens with two attached hydrogens (primary N) is 1. The predicted octanol–water partition coefficient (Wildman–Crippen LogP) is 5.25. The highest BCUT2D eigenvalue weighted by molar-refractivity contribution is 6.00. The monoisotopic (exact) mass is 905 g/mol. The summed E-state index contributed by atoms with van der Waals surface area (Å²) in [5.74, 6) is -3.27. The molecule has 4 N–H and O–H groups in total. The maximum Gasteiger partial charge on any atom is 0.410 e. The summed E-state index contributed by atoms with van der Waals surface area (Å²) in [6.45, 7) is 17.0. The molecule has 3 saturated heterocycles. The van der Waals surface area contributed by atoms with Gasteiger partial charge in [0, 0.05) is 68.4 Å². The Morgan fingerprint density at radius 3 is 2.51 bits per heavy atom. The van der Waals surface area contributed by atoms with Gasteiger partial charge in [-0.1, -0.05) is 44.2 Å². The standard InChI is InChI=1S/C48H72N8O9/c1-11-39-48(8)42(56(46(60)65-48)21-13-12-20-55-28-37(52-53-55)35-17-14-18-36(49)23-35)33(6)51-25-29(2)24-47(7,61-10)43(31(4)40(57)32(5)44(59)63-39)64-45-41(58)38(22-30(3)62-45)54(9)27-34-16-15-19-50-26-34/h14-19,23,26,28-33,38-39,41-43,45,51,58H,11-13,20-22,24-25,27,49H2,1-10H3/t29-,30?,31+,32-,33-,38?,39-,41?,42-,43-,45+,47-,48-/m1/s1. The van der Waals surface area contributed by atoms with E-state index in [1.807, 2.05) is 84.3 Å². The Morgan fingerprint density at radius 1 is 1.06 bits per heavy atom. The molecule has 3 fully saturated rings. The van der Waals surface area contributed by atoms with E-state index >= 15 is 0 Å². The minimum absolute atomic E-state index is 0.0367. The number of hydrogen-bond acceptors (Lipinski definition) is 15. The van der Waals surface area contributed by atoms with Crippen LogP contribution in [0, 0.1) is 17.8 Å². The van der Waals surface area contributed by atoms with E-state index in [9.17, 15) is 19.5 Å². The fourth-order valence-electron chi connectivity index (χ4n) is 10.3. The number of Topliss-reactive ketones (excluding diaryl/α,β-unsaturated/α-hetero) is 1. The number of hydrogen-bond donors (Lipinski definition) is 3. The van der Waals surface area contributed by atoms with E-state index in [2.05, 4.69) is 32.4 Å². The molecule has 0 radical (unpaired) electrons. The normalized spacial score (nSPS) is 34.1. The summed E-state index contributed by atoms with van der Waals surface area (Å²) in [5.41, 5.74) is 6.90. The van der Waals surface area contributed by atoms with Gasteiger partial charge in [-0.05, 0) is 110 Å². The molecular formula is C48H72N8O9. The van der Waals surface area contributed by atoms with Crippen molar-refractivity contribution in [3.63, 3.8) is 0 Å². The number of aromatic nitrogens is 4. The lowest BCUT2D eigenvalue weighted by Gasteiger charge is -2.47. The summed E-state index contributed by atoms with van der Waals surface area (Å²) >= 11 is 0. The first-order chi connectivity index (χ1) is 30.9. The third-order valence-corrected chi connectivity index (χ3v) is 13.9. The van der Waals surface area contributed by atoms with Gasteiger partial charge in [0.25, 0.3) is 0 Å². The number of ketones is 1. The molecule has 3 aliphatic rings. The summed E-state index contributed by atoms with van der Waals surface area (Å²) in [4.78, 5) is 50.7. The number of anilines is 1. The van der Waals surface area contributed by atoms with Crippen molar-refractivity contribution in [1.82, 2.24) is 35.1 Å². The van der Waals surface area contributed by atoms with E-state index in [1.165, 1.54) is 6.92 Å². The molecule has 0 bridgehead atoms. The van der Waals surface area contributed by atoms with E-state index in [-0.39, 0.29) is 24.1 Å². The number of nitrogens with zero attached hydrogens (tertiary/aromatic N) is 6. The second-order valence-electron chi connectivity index (χ2n) is 19.1. The van der Waals surface area contributed by atoms with Gasteiger partial charge in [-0.2, -0.15) is 0 Å². The van der Waals surface area contributed by atoms with Crippen LogP contribution in [-0.4, -0.2) is 140 Å². The second kappa shape index (κ2) is 21.4. The number of ether oxygens (including phenoxy) is 5. The number of esters is 1. The molecule has 6 rings (SSSR count). The minimum Gasteiger partial charge on any atom is -0.458 e. The quantitative estimate of drug-likeness (QED) is 0.0867. The molecule has 3 aromatic rings. The number of aliphatic hydroxyl groups is 1. The summed E-state index contributed by atoms with van der Waals surface area (Å²) in [5, 5.41) is 24.2. The number of pyridine rings is 1. The van der Waals surface area contributed by atoms with E-state index in [0.29, 0.717) is 64.0 Å². The third-order valence-electron chi connectivity index (χ3n) is 13.9. The number of nitrogen functional groups attached to an aromatic ring is 1. The van der Waals surface area contributed by atoms with Gasteiger partial charge in [0.15, 0.2) is 17.7 Å². The Balaban J connectivity index is 1.21. The highest BCUT2D eigenvalue weighted by Crippen LogP contribution is 2.40. The first-order valence-electron chi connectivity index (χ1n) is 23.3. The highest BCUT2D eigenvalue weighted by atomic mass is 16.7. The van der Waals surface area contributed by atoms with Crippen LogP contribution in [0.1, 0.15) is 93.1 Å². The number of benzene rings is 1. The zero-order valence-electron chi connectivity index (χ0n) is 39.9. The number of unbranched alkanes of at least 4 members (excludes halogenated alkanes) is 1. The summed E-state index contributed by atoms with van der Waals surface area (Å²) in [6, 6.07) is 10.2. The zero-order valence-corrected chi connectivity index (χ0v) is 39.9. The van der Waals surface area contributed by atoms with Crippen LogP contribution in [0.4, 0.5) is 10.5 Å². The molecule has 0 aliphatic carbocycles. The molecule has 0 saturated carbocycles. The fourth-order valence-corrected chi connectivity index (χ4v) is 10.3. The predicted molar refractivity (Wildman–Crippen MR) is 244 cm³/mol. The van der Waals surface area contributed by atoms with Gasteiger partial charge in [-0.3, -0.25) is 29.1 Å². The van der Waals surface area contributed by atoms with Crippen LogP contribution in [-0.2, 0) is 46.4 Å². The number of carbonyl (C=O) groups is 3. The van der Waals surface area contributed by atoms with Crippen molar-refractivity contribution in [3.05, 3.63) is 60.6 Å². The van der Waals surface area contributed by atoms with Gasteiger partial charge < -0.3 is 39.8 Å². The fraction of sp³-hybridized carbons (Fsp3) is 0.667. The molecule has 5 heterocycles. The highest BCUT2D eigenvalue weighted by Gasteiger charge is 2.58. The SMILES string of the molecule is CC[C@H]1OC(=O)[C@H](C)C(=O)[C@H](C)[C@@H](O[C@@H]2OC(C)CC(N(C)Cc3cccnc3)C2O)[C@](C)(OC)C[C@@H](C)CN[C@H](C)[C@H]2N(CCCCn3cc(-c4cccc(N)c4)nn3)C(=O)O[C@]12C. The summed E-state index contributed by atoms with van der Waals surface area (Å²) in [6.07, 6.45) is 3.36. The van der Waals surface area contributed by atoms with Crippen LogP contribution in [0.5, 0.6) is 0 Å². The molecule has 65 heavy (non-hydrogen) atoms. The Kier molecular flexibility index (Phi) is 16.4. The summed E-state index contributed by atoms with van der Waals surface area (Å²) in [7, 11) is 3.54. The molecular weight excluding hydrogens is 833 g/mol. The lowest BCUT2D eigenvalue weighted by Crippen LogP contribution is -2.61. The van der Waals surface area contributed by atoms with Crippen molar-refractivity contribution >= 4 is 23.5 Å². The number of rotatable bonds is 13. The van der Waals surface area contributed by atoms with Crippen molar-refractivity contribution in [2.75, 3.05) is 33.0 Å². The second-order valence-corrected chi connectivity index (χ2v) is 19.1. The van der Waals surface area contributed by atoms with Crippen LogP contribution in [0.15, 0.2) is 55.0 Å². The number of nitrogens with one attached hydrogen (secondary N) is 1. The number of carbonyl (C=O) groups excluding carboxylic acids is 3. The largest absolute Gasteiger partial charge is 0.458 e. The smallest absolute Gasteiger partial charge is 0.410 e. The van der Waals surface area contributed by atoms with Gasteiger partial charge in [-0.15, -0.1) is 5.10 Å². The Morgan fingerprint density at radius 2 is 1.82 bits per heavy atom. The molecule has 0 spiro atoms. The number of fused-ring (bicyclic) bond motifs is 1. The van der Waals surface area contributed by atoms with E-state index in [1.54, 1.807) is 36.0 Å². The van der Waals surface area contributed by atoms with Crippen LogP contribution in [0.3, 0.4) is 0 Å². The van der Waals surface area contributed by atoms with Crippen molar-refractivity contribution in [3.8, 4) is 11.3 Å². The molecule has 2 aromatic heterocycles. The molecule has 3 unspecified atom stereocenters. The van der Waals surface area contributed by atoms with Crippen molar-refractivity contribution in [2.24, 2.45) is 17.8 Å². The Hall–Kier alpha value is -4.52. The van der Waals surface area contributed by atoms with E-state index in [0.717, 1.165) is 16.8 Å². The van der Waals surface area contributed by atoms with E-state index in [4.69, 9.17) is 29.4 Å². The van der Waals surface area contributed by atoms with Crippen molar-refractivity contribution in [2.45, 2.75) is 161 Å². The maximum atomic E-state index is 14.6. The number of amides is 1. The average molecular weight is 905 g/mol. The summed E-state index contributed by atoms with van der Waals surface area (Å²) < 4.78 is 33.7. The van der Waals surface area contributed by atoms with Gasteiger partial charge in [0.1, 0.15) is 23.8 Å².